The van der Waals surface area contributed by atoms with Crippen LogP contribution in [-0.2, 0) is 17.9 Å². The van der Waals surface area contributed by atoms with Crippen LogP contribution in [-0.4, -0.2) is 6.21 Å². The quantitative estimate of drug-likeness (QED) is 0.586. The third-order valence-corrected chi connectivity index (χ3v) is 3.12. The predicted molar refractivity (Wildman–Crippen MR) is 78.6 cm³/mol. The summed E-state index contributed by atoms with van der Waals surface area (Å²) in [4.78, 5) is 5.21. The van der Waals surface area contributed by atoms with Crippen molar-refractivity contribution < 1.29 is 4.84 Å². The van der Waals surface area contributed by atoms with Crippen molar-refractivity contribution in [3.63, 3.8) is 0 Å². The van der Waals surface area contributed by atoms with Crippen molar-refractivity contribution in [3.8, 4) is 0 Å². The van der Waals surface area contributed by atoms with E-state index in [0.717, 1.165) is 17.5 Å². The molecule has 2 aromatic carbocycles. The van der Waals surface area contributed by atoms with Crippen LogP contribution in [0.2, 0.25) is 5.02 Å². The van der Waals surface area contributed by atoms with Crippen molar-refractivity contribution in [3.05, 3.63) is 70.2 Å². The number of rotatable bonds is 5. The van der Waals surface area contributed by atoms with Gasteiger partial charge in [0.25, 0.3) is 0 Å². The van der Waals surface area contributed by atoms with Gasteiger partial charge >= 0.3 is 0 Å². The Morgan fingerprint density at radius 1 is 1.16 bits per heavy atom. The maximum absolute atomic E-state index is 6.02. The number of hydrogen-bond acceptors (Lipinski definition) is 2. The smallest absolute Gasteiger partial charge is 0.143 e. The minimum atomic E-state index is 0.347. The number of aryl methyl sites for hydroxylation is 1. The van der Waals surface area contributed by atoms with Crippen molar-refractivity contribution in [1.29, 1.82) is 0 Å². The van der Waals surface area contributed by atoms with Crippen LogP contribution in [0, 0.1) is 0 Å². The highest BCUT2D eigenvalue weighted by Gasteiger charge is 1.98. The van der Waals surface area contributed by atoms with E-state index in [2.05, 4.69) is 24.4 Å². The molecule has 0 saturated heterocycles. The van der Waals surface area contributed by atoms with E-state index in [1.807, 2.05) is 42.5 Å². The number of hydrogen-bond donors (Lipinski definition) is 0. The molecule has 0 aliphatic heterocycles. The minimum absolute atomic E-state index is 0.347. The Bertz CT molecular complexity index is 566. The molecule has 0 amide bonds. The molecule has 0 aliphatic rings. The van der Waals surface area contributed by atoms with Gasteiger partial charge in [0.05, 0.1) is 0 Å². The third kappa shape index (κ3) is 4.11. The van der Waals surface area contributed by atoms with Crippen LogP contribution >= 0.6 is 11.6 Å². The molecule has 1 radical (unpaired) electrons. The Morgan fingerprint density at radius 3 is 2.79 bits per heavy atom. The molecule has 0 unspecified atom stereocenters. The van der Waals surface area contributed by atoms with Crippen LogP contribution < -0.4 is 0 Å². The molecule has 2 aromatic rings. The Kier molecular flexibility index (Phi) is 4.99. The van der Waals surface area contributed by atoms with Gasteiger partial charge in [-0.25, -0.2) is 0 Å². The van der Waals surface area contributed by atoms with Crippen molar-refractivity contribution in [1.82, 2.24) is 0 Å². The van der Waals surface area contributed by atoms with Crippen LogP contribution in [0.4, 0.5) is 0 Å². The van der Waals surface area contributed by atoms with E-state index < -0.39 is 0 Å². The molecule has 0 aliphatic carbocycles. The lowest BCUT2D eigenvalue weighted by Gasteiger charge is -2.01. The molecular weight excluding hydrogens is 258 g/mol. The van der Waals surface area contributed by atoms with Crippen molar-refractivity contribution in [2.75, 3.05) is 0 Å². The summed E-state index contributed by atoms with van der Waals surface area (Å²) in [6.07, 6.45) is 3.86. The Balaban J connectivity index is 1.91. The van der Waals surface area contributed by atoms with E-state index >= 15 is 0 Å². The summed E-state index contributed by atoms with van der Waals surface area (Å²) in [5, 5.41) is 4.53. The summed E-state index contributed by atoms with van der Waals surface area (Å²) >= 11 is 6.02. The molecule has 3 heteroatoms. The Labute approximate surface area is 118 Å². The molecule has 2 nitrogen and oxygen atoms in total. The summed E-state index contributed by atoms with van der Waals surface area (Å²) in [5.74, 6) is 0. The van der Waals surface area contributed by atoms with Gasteiger partial charge in [-0.15, -0.1) is 0 Å². The van der Waals surface area contributed by atoms with Gasteiger partial charge < -0.3 is 4.84 Å². The van der Waals surface area contributed by atoms with E-state index in [-0.39, 0.29) is 0 Å². The lowest BCUT2D eigenvalue weighted by atomic mass is 10.1. The first-order valence-corrected chi connectivity index (χ1v) is 6.57. The van der Waals surface area contributed by atoms with Gasteiger partial charge in [0, 0.05) is 16.1 Å². The van der Waals surface area contributed by atoms with Crippen LogP contribution in [0.5, 0.6) is 0 Å². The van der Waals surface area contributed by atoms with Crippen LogP contribution in [0.3, 0.4) is 0 Å². The molecule has 0 fully saturated rings. The van der Waals surface area contributed by atoms with E-state index in [1.54, 1.807) is 0 Å². The van der Waals surface area contributed by atoms with E-state index in [1.165, 1.54) is 5.56 Å². The van der Waals surface area contributed by atoms with Crippen LogP contribution in [0.25, 0.3) is 0 Å². The lowest BCUT2D eigenvalue weighted by Crippen LogP contribution is -1.90. The van der Waals surface area contributed by atoms with Gasteiger partial charge in [-0.05, 0) is 24.1 Å². The van der Waals surface area contributed by atoms with Crippen LogP contribution in [0.15, 0.2) is 53.7 Å². The average Bonchev–Trinajstić information content (AvgIpc) is 2.45. The monoisotopic (exact) mass is 272 g/mol. The molecular formula is C16H15ClNO. The fourth-order valence-electron chi connectivity index (χ4n) is 1.66. The highest BCUT2D eigenvalue weighted by atomic mass is 35.5. The lowest BCUT2D eigenvalue weighted by molar-refractivity contribution is 0.132. The number of nitrogens with zero attached hydrogens (tertiary/aromatic N) is 1. The predicted octanol–water partition coefficient (Wildman–Crippen LogP) is 4.33. The standard InChI is InChI=1S/C16H15ClNO/c1-2-13-6-5-7-14(10-13)11-18-19-12-15-8-3-4-9-16(15)17/h3-10H,2,12H2,1H3. The SMILES string of the molecule is CCc1cccc(/[C]=N\OCc2ccccc2Cl)c1. The second-order valence-electron chi connectivity index (χ2n) is 4.12. The fraction of sp³-hybridized carbons (Fsp3) is 0.188. The highest BCUT2D eigenvalue weighted by molar-refractivity contribution is 6.31. The first-order chi connectivity index (χ1) is 9.29. The number of benzene rings is 2. The summed E-state index contributed by atoms with van der Waals surface area (Å²) < 4.78 is 0. The molecule has 2 rings (SSSR count). The maximum atomic E-state index is 6.02. The second-order valence-corrected chi connectivity index (χ2v) is 4.53. The first kappa shape index (κ1) is 13.6. The Morgan fingerprint density at radius 2 is 2.00 bits per heavy atom. The Hall–Kier alpha value is -1.80. The van der Waals surface area contributed by atoms with Gasteiger partial charge in [-0.1, -0.05) is 60.1 Å². The third-order valence-electron chi connectivity index (χ3n) is 2.75. The van der Waals surface area contributed by atoms with Gasteiger partial charge in [0.2, 0.25) is 0 Å². The molecule has 19 heavy (non-hydrogen) atoms. The summed E-state index contributed by atoms with van der Waals surface area (Å²) in [6.45, 7) is 2.46. The zero-order valence-corrected chi connectivity index (χ0v) is 11.5. The molecule has 0 saturated carbocycles. The molecule has 0 heterocycles. The van der Waals surface area contributed by atoms with Crippen molar-refractivity contribution >= 4 is 17.8 Å². The molecule has 0 bridgehead atoms. The maximum Gasteiger partial charge on any atom is 0.143 e. The van der Waals surface area contributed by atoms with Crippen molar-refractivity contribution in [2.24, 2.45) is 5.16 Å². The minimum Gasteiger partial charge on any atom is -0.390 e. The molecule has 97 valence electrons. The van der Waals surface area contributed by atoms with Gasteiger partial charge in [0.1, 0.15) is 12.8 Å². The number of halogens is 1. The normalized spacial score (nSPS) is 10.8. The summed E-state index contributed by atoms with van der Waals surface area (Å²) in [5.41, 5.74) is 3.09. The molecule has 0 atom stereocenters. The zero-order chi connectivity index (χ0) is 13.5. The molecule has 0 aromatic heterocycles. The molecule has 0 N–H and O–H groups in total. The summed E-state index contributed by atoms with van der Waals surface area (Å²) in [6, 6.07) is 15.6. The van der Waals surface area contributed by atoms with E-state index in [9.17, 15) is 0 Å². The zero-order valence-electron chi connectivity index (χ0n) is 10.8. The first-order valence-electron chi connectivity index (χ1n) is 6.20. The van der Waals surface area contributed by atoms with Crippen molar-refractivity contribution in [2.45, 2.75) is 20.0 Å². The summed E-state index contributed by atoms with van der Waals surface area (Å²) in [7, 11) is 0. The largest absolute Gasteiger partial charge is 0.390 e. The van der Waals surface area contributed by atoms with Gasteiger partial charge in [-0.2, -0.15) is 0 Å². The van der Waals surface area contributed by atoms with Gasteiger partial charge in [0.15, 0.2) is 0 Å². The second kappa shape index (κ2) is 6.95. The fourth-order valence-corrected chi connectivity index (χ4v) is 1.85. The average molecular weight is 273 g/mol. The topological polar surface area (TPSA) is 21.6 Å². The highest BCUT2D eigenvalue weighted by Crippen LogP contribution is 2.15. The van der Waals surface area contributed by atoms with Gasteiger partial charge in [-0.3, -0.25) is 0 Å². The van der Waals surface area contributed by atoms with E-state index in [0.29, 0.717) is 11.6 Å². The van der Waals surface area contributed by atoms with Crippen LogP contribution in [0.1, 0.15) is 23.6 Å². The molecule has 0 spiro atoms. The van der Waals surface area contributed by atoms with E-state index in [4.69, 9.17) is 16.4 Å².